The molecule has 0 spiro atoms. The Hall–Kier alpha value is -1.69. The van der Waals surface area contributed by atoms with Crippen LogP contribution in [0.15, 0.2) is 18.2 Å². The maximum atomic E-state index is 13.1. The fourth-order valence-corrected chi connectivity index (χ4v) is 4.78. The van der Waals surface area contributed by atoms with Gasteiger partial charge >= 0.3 is 0 Å². The molecule has 5 nitrogen and oxygen atoms in total. The zero-order valence-corrected chi connectivity index (χ0v) is 15.1. The van der Waals surface area contributed by atoms with Crippen molar-refractivity contribution in [3.8, 4) is 0 Å². The van der Waals surface area contributed by atoms with E-state index in [0.717, 1.165) is 12.0 Å². The van der Waals surface area contributed by atoms with Gasteiger partial charge in [-0.15, -0.1) is 0 Å². The number of benzene rings is 1. The van der Waals surface area contributed by atoms with E-state index in [1.54, 1.807) is 9.80 Å². The second-order valence-corrected chi connectivity index (χ2v) is 8.46. The first-order valence-corrected chi connectivity index (χ1v) is 10.00. The minimum atomic E-state index is -0.857. The molecule has 0 aliphatic carbocycles. The molecular weight excluding hydrogens is 324 g/mol. The highest BCUT2D eigenvalue weighted by atomic mass is 32.2. The summed E-state index contributed by atoms with van der Waals surface area (Å²) in [4.78, 5) is 28.8. The number of anilines is 1. The molecule has 2 aliphatic rings. The van der Waals surface area contributed by atoms with Gasteiger partial charge < -0.3 is 9.80 Å². The average Bonchev–Trinajstić information content (AvgIpc) is 2.88. The summed E-state index contributed by atoms with van der Waals surface area (Å²) in [6.45, 7) is 5.78. The van der Waals surface area contributed by atoms with Gasteiger partial charge in [0.05, 0.1) is 11.3 Å². The number of carbonyl (C=O) groups excluding carboxylic acids is 2. The Morgan fingerprint density at radius 1 is 1.29 bits per heavy atom. The van der Waals surface area contributed by atoms with Crippen molar-refractivity contribution in [1.82, 2.24) is 4.90 Å². The molecular formula is C18H24N2O3S. The van der Waals surface area contributed by atoms with Gasteiger partial charge in [-0.2, -0.15) is 0 Å². The molecule has 1 aromatic carbocycles. The maximum absolute atomic E-state index is 13.1. The minimum absolute atomic E-state index is 0.0563. The van der Waals surface area contributed by atoms with Crippen LogP contribution in [0.4, 0.5) is 5.69 Å². The lowest BCUT2D eigenvalue weighted by Crippen LogP contribution is -2.37. The van der Waals surface area contributed by atoms with Crippen LogP contribution in [-0.4, -0.2) is 52.1 Å². The summed E-state index contributed by atoms with van der Waals surface area (Å²) >= 11 is 0. The predicted molar refractivity (Wildman–Crippen MR) is 95.7 cm³/mol. The SMILES string of the molecule is Cc1ccc(N2CCCC2=O)c(C(=O)N2CC[S@@](=O)C[C@@H](C)C2)c1. The van der Waals surface area contributed by atoms with Crippen molar-refractivity contribution in [3.05, 3.63) is 29.3 Å². The monoisotopic (exact) mass is 348 g/mol. The molecule has 1 aromatic rings. The summed E-state index contributed by atoms with van der Waals surface area (Å²) in [5.41, 5.74) is 2.30. The van der Waals surface area contributed by atoms with E-state index in [2.05, 4.69) is 0 Å². The van der Waals surface area contributed by atoms with Crippen LogP contribution in [-0.2, 0) is 15.6 Å². The molecule has 130 valence electrons. The van der Waals surface area contributed by atoms with E-state index in [-0.39, 0.29) is 17.7 Å². The number of aryl methyl sites for hydroxylation is 1. The molecule has 0 saturated carbocycles. The van der Waals surface area contributed by atoms with Crippen LogP contribution >= 0.6 is 0 Å². The fraction of sp³-hybridized carbons (Fsp3) is 0.556. The van der Waals surface area contributed by atoms with Crippen LogP contribution in [0.25, 0.3) is 0 Å². The second-order valence-electron chi connectivity index (χ2n) is 6.84. The number of hydrogen-bond donors (Lipinski definition) is 0. The Kier molecular flexibility index (Phi) is 5.04. The van der Waals surface area contributed by atoms with Gasteiger partial charge in [-0.3, -0.25) is 13.8 Å². The van der Waals surface area contributed by atoms with Gasteiger partial charge in [0.1, 0.15) is 0 Å². The van der Waals surface area contributed by atoms with Crippen LogP contribution < -0.4 is 4.90 Å². The van der Waals surface area contributed by atoms with Crippen molar-refractivity contribution < 1.29 is 13.8 Å². The molecule has 2 fully saturated rings. The van der Waals surface area contributed by atoms with Gasteiger partial charge in [-0.05, 0) is 31.4 Å². The van der Waals surface area contributed by atoms with E-state index in [1.165, 1.54) is 0 Å². The summed E-state index contributed by atoms with van der Waals surface area (Å²) in [7, 11) is -0.857. The average molecular weight is 348 g/mol. The summed E-state index contributed by atoms with van der Waals surface area (Å²) in [6.07, 6.45) is 1.38. The van der Waals surface area contributed by atoms with Gasteiger partial charge in [0.2, 0.25) is 5.91 Å². The number of hydrogen-bond acceptors (Lipinski definition) is 3. The summed E-state index contributed by atoms with van der Waals surface area (Å²) in [5.74, 6) is 1.42. The predicted octanol–water partition coefficient (Wildman–Crippen LogP) is 1.96. The van der Waals surface area contributed by atoms with E-state index < -0.39 is 10.8 Å². The first kappa shape index (κ1) is 17.1. The van der Waals surface area contributed by atoms with Gasteiger partial charge in [0, 0.05) is 48.4 Å². The molecule has 0 unspecified atom stereocenters. The maximum Gasteiger partial charge on any atom is 0.256 e. The zero-order valence-electron chi connectivity index (χ0n) is 14.3. The normalized spacial score (nSPS) is 25.0. The van der Waals surface area contributed by atoms with E-state index >= 15 is 0 Å². The van der Waals surface area contributed by atoms with Crippen molar-refractivity contribution in [1.29, 1.82) is 0 Å². The molecule has 2 saturated heterocycles. The van der Waals surface area contributed by atoms with Crippen LogP contribution in [0.3, 0.4) is 0 Å². The molecule has 3 rings (SSSR count). The highest BCUT2D eigenvalue weighted by molar-refractivity contribution is 7.85. The molecule has 2 aliphatic heterocycles. The lowest BCUT2D eigenvalue weighted by molar-refractivity contribution is -0.117. The molecule has 0 radical (unpaired) electrons. The zero-order chi connectivity index (χ0) is 17.3. The first-order chi connectivity index (χ1) is 11.5. The molecule has 24 heavy (non-hydrogen) atoms. The van der Waals surface area contributed by atoms with Crippen molar-refractivity contribution in [2.75, 3.05) is 36.0 Å². The van der Waals surface area contributed by atoms with E-state index in [0.29, 0.717) is 48.8 Å². The quantitative estimate of drug-likeness (QED) is 0.821. The third kappa shape index (κ3) is 3.53. The van der Waals surface area contributed by atoms with Gasteiger partial charge in [-0.1, -0.05) is 18.6 Å². The Bertz CT molecular complexity index is 689. The topological polar surface area (TPSA) is 57.7 Å². The fourth-order valence-electron chi connectivity index (χ4n) is 3.45. The number of amides is 2. The van der Waals surface area contributed by atoms with Crippen LogP contribution in [0.5, 0.6) is 0 Å². The summed E-state index contributed by atoms with van der Waals surface area (Å²) < 4.78 is 11.9. The van der Waals surface area contributed by atoms with Crippen molar-refractivity contribution in [2.24, 2.45) is 5.92 Å². The summed E-state index contributed by atoms with van der Waals surface area (Å²) in [6, 6.07) is 5.69. The Balaban J connectivity index is 1.92. The largest absolute Gasteiger partial charge is 0.337 e. The molecule has 0 aromatic heterocycles. The smallest absolute Gasteiger partial charge is 0.256 e. The molecule has 0 bridgehead atoms. The molecule has 0 N–H and O–H groups in total. The summed E-state index contributed by atoms with van der Waals surface area (Å²) in [5, 5.41) is 0. The molecule has 6 heteroatoms. The van der Waals surface area contributed by atoms with E-state index in [4.69, 9.17) is 0 Å². The minimum Gasteiger partial charge on any atom is -0.337 e. The molecule has 2 atom stereocenters. The standard InChI is InChI=1S/C18H24N2O3S/c1-13-5-6-16(20-7-3-4-17(20)21)15(10-13)18(22)19-8-9-24(23)12-14(2)11-19/h5-6,10,14H,3-4,7-9,11-12H2,1-2H3/t14-,24+/m0/s1. The van der Waals surface area contributed by atoms with Crippen LogP contribution in [0.1, 0.15) is 35.7 Å². The first-order valence-electron chi connectivity index (χ1n) is 8.51. The van der Waals surface area contributed by atoms with Crippen molar-refractivity contribution in [2.45, 2.75) is 26.7 Å². The highest BCUT2D eigenvalue weighted by Gasteiger charge is 2.29. The lowest BCUT2D eigenvalue weighted by atomic mass is 10.1. The van der Waals surface area contributed by atoms with Crippen LogP contribution in [0, 0.1) is 12.8 Å². The third-order valence-electron chi connectivity index (χ3n) is 4.63. The lowest BCUT2D eigenvalue weighted by Gasteiger charge is -2.26. The van der Waals surface area contributed by atoms with Crippen molar-refractivity contribution in [3.63, 3.8) is 0 Å². The molecule has 2 heterocycles. The number of carbonyl (C=O) groups is 2. The Morgan fingerprint density at radius 2 is 2.08 bits per heavy atom. The number of rotatable bonds is 2. The van der Waals surface area contributed by atoms with E-state index in [9.17, 15) is 13.8 Å². The Morgan fingerprint density at radius 3 is 2.79 bits per heavy atom. The Labute approximate surface area is 145 Å². The van der Waals surface area contributed by atoms with Crippen LogP contribution in [0.2, 0.25) is 0 Å². The van der Waals surface area contributed by atoms with E-state index in [1.807, 2.05) is 32.0 Å². The second kappa shape index (κ2) is 7.05. The molecule has 2 amide bonds. The van der Waals surface area contributed by atoms with Gasteiger partial charge in [-0.25, -0.2) is 0 Å². The third-order valence-corrected chi connectivity index (χ3v) is 6.20. The van der Waals surface area contributed by atoms with Gasteiger partial charge in [0.15, 0.2) is 0 Å². The van der Waals surface area contributed by atoms with Gasteiger partial charge in [0.25, 0.3) is 5.91 Å². The highest BCUT2D eigenvalue weighted by Crippen LogP contribution is 2.28. The van der Waals surface area contributed by atoms with Crippen molar-refractivity contribution >= 4 is 28.3 Å². The number of nitrogens with zero attached hydrogens (tertiary/aromatic N) is 2.